The number of hydrogen-bond acceptors (Lipinski definition) is 5. The molecule has 0 radical (unpaired) electrons. The van der Waals surface area contributed by atoms with Gasteiger partial charge in [-0.3, -0.25) is 9.59 Å². The summed E-state index contributed by atoms with van der Waals surface area (Å²) in [6, 6.07) is 1.64. The van der Waals surface area contributed by atoms with Crippen molar-refractivity contribution in [2.45, 2.75) is 26.4 Å². The van der Waals surface area contributed by atoms with Gasteiger partial charge in [-0.05, 0) is 18.4 Å². The van der Waals surface area contributed by atoms with Gasteiger partial charge in [-0.15, -0.1) is 11.3 Å². The summed E-state index contributed by atoms with van der Waals surface area (Å²) < 4.78 is 5.66. The number of primary amides is 1. The maximum atomic E-state index is 12.5. The van der Waals surface area contributed by atoms with Crippen molar-refractivity contribution in [3.05, 3.63) is 23.3 Å². The Labute approximate surface area is 143 Å². The second kappa shape index (κ2) is 6.74. The van der Waals surface area contributed by atoms with Gasteiger partial charge in [-0.2, -0.15) is 0 Å². The molecule has 1 saturated heterocycles. The molecule has 0 unspecified atom stereocenters. The molecule has 1 fully saturated rings. The Kier molecular flexibility index (Phi) is 4.68. The van der Waals surface area contributed by atoms with Crippen LogP contribution in [0.2, 0.25) is 0 Å². The highest BCUT2D eigenvalue weighted by molar-refractivity contribution is 7.14. The third-order valence-electron chi connectivity index (χ3n) is 4.11. The summed E-state index contributed by atoms with van der Waals surface area (Å²) in [5.74, 6) is -0.432. The zero-order chi connectivity index (χ0) is 17.3. The SMILES string of the molecule is CC(C)[C@H]1OCC[C@H]1C(=O)Nc1nc(-c2c[nH]c(C(N)=O)c2)cs1. The van der Waals surface area contributed by atoms with Crippen molar-refractivity contribution in [1.29, 1.82) is 0 Å². The molecule has 4 N–H and O–H groups in total. The van der Waals surface area contributed by atoms with E-state index in [4.69, 9.17) is 10.5 Å². The molecule has 0 aromatic carbocycles. The van der Waals surface area contributed by atoms with E-state index in [1.54, 1.807) is 12.3 Å². The molecule has 7 nitrogen and oxygen atoms in total. The maximum absolute atomic E-state index is 12.5. The minimum atomic E-state index is -0.522. The number of anilines is 1. The van der Waals surface area contributed by atoms with Gasteiger partial charge in [0.1, 0.15) is 5.69 Å². The Bertz CT molecular complexity index is 752. The summed E-state index contributed by atoms with van der Waals surface area (Å²) in [6.45, 7) is 4.73. The molecule has 3 rings (SSSR count). The number of aromatic nitrogens is 2. The van der Waals surface area contributed by atoms with Crippen LogP contribution in [0, 0.1) is 11.8 Å². The maximum Gasteiger partial charge on any atom is 0.265 e. The van der Waals surface area contributed by atoms with Crippen LogP contribution in [0.1, 0.15) is 30.8 Å². The molecule has 24 heavy (non-hydrogen) atoms. The van der Waals surface area contributed by atoms with E-state index in [0.29, 0.717) is 29.0 Å². The third kappa shape index (κ3) is 3.34. The first-order valence-corrected chi connectivity index (χ1v) is 8.70. The number of amides is 2. The second-order valence-electron chi connectivity index (χ2n) is 6.17. The van der Waals surface area contributed by atoms with Gasteiger partial charge in [-0.1, -0.05) is 13.8 Å². The van der Waals surface area contributed by atoms with E-state index in [2.05, 4.69) is 29.1 Å². The highest BCUT2D eigenvalue weighted by Gasteiger charge is 2.36. The zero-order valence-electron chi connectivity index (χ0n) is 13.5. The fourth-order valence-corrected chi connectivity index (χ4v) is 3.62. The van der Waals surface area contributed by atoms with E-state index in [1.165, 1.54) is 11.3 Å². The van der Waals surface area contributed by atoms with Crippen LogP contribution < -0.4 is 11.1 Å². The molecule has 8 heteroatoms. The topological polar surface area (TPSA) is 110 Å². The fraction of sp³-hybridized carbons (Fsp3) is 0.438. The Morgan fingerprint density at radius 1 is 1.50 bits per heavy atom. The minimum absolute atomic E-state index is 0.0489. The summed E-state index contributed by atoms with van der Waals surface area (Å²) in [5, 5.41) is 5.24. The number of hydrogen-bond donors (Lipinski definition) is 3. The van der Waals surface area contributed by atoms with Crippen LogP contribution in [0.3, 0.4) is 0 Å². The summed E-state index contributed by atoms with van der Waals surface area (Å²) in [4.78, 5) is 30.8. The smallest absolute Gasteiger partial charge is 0.265 e. The number of rotatable bonds is 5. The van der Waals surface area contributed by atoms with Gasteiger partial charge in [0.2, 0.25) is 5.91 Å². The highest BCUT2D eigenvalue weighted by Crippen LogP contribution is 2.30. The number of nitrogens with two attached hydrogens (primary N) is 1. The number of H-pyrrole nitrogens is 1. The Balaban J connectivity index is 1.69. The summed E-state index contributed by atoms with van der Waals surface area (Å²) >= 11 is 1.34. The van der Waals surface area contributed by atoms with Gasteiger partial charge in [-0.25, -0.2) is 4.98 Å². The van der Waals surface area contributed by atoms with Crippen molar-refractivity contribution < 1.29 is 14.3 Å². The van der Waals surface area contributed by atoms with E-state index in [1.807, 2.05) is 5.38 Å². The van der Waals surface area contributed by atoms with Crippen molar-refractivity contribution in [3.63, 3.8) is 0 Å². The Morgan fingerprint density at radius 3 is 2.96 bits per heavy atom. The van der Waals surface area contributed by atoms with E-state index in [0.717, 1.165) is 12.0 Å². The van der Waals surface area contributed by atoms with Gasteiger partial charge in [0.05, 0.1) is 17.7 Å². The average molecular weight is 348 g/mol. The van der Waals surface area contributed by atoms with Crippen LogP contribution in [-0.2, 0) is 9.53 Å². The molecule has 2 aromatic heterocycles. The third-order valence-corrected chi connectivity index (χ3v) is 4.87. The van der Waals surface area contributed by atoms with Crippen molar-refractivity contribution in [1.82, 2.24) is 9.97 Å². The fourth-order valence-electron chi connectivity index (χ4n) is 2.90. The summed E-state index contributed by atoms with van der Waals surface area (Å²) in [6.07, 6.45) is 2.35. The zero-order valence-corrected chi connectivity index (χ0v) is 14.4. The van der Waals surface area contributed by atoms with E-state index >= 15 is 0 Å². The Morgan fingerprint density at radius 2 is 2.29 bits per heavy atom. The predicted octanol–water partition coefficient (Wildman–Crippen LogP) is 2.24. The van der Waals surface area contributed by atoms with E-state index < -0.39 is 5.91 Å². The van der Waals surface area contributed by atoms with Crippen LogP contribution in [0.15, 0.2) is 17.6 Å². The number of carbonyl (C=O) groups excluding carboxylic acids is 2. The molecule has 2 amide bonds. The van der Waals surface area contributed by atoms with Crippen LogP contribution in [0.4, 0.5) is 5.13 Å². The number of aromatic amines is 1. The molecule has 0 spiro atoms. The van der Waals surface area contributed by atoms with Crippen LogP contribution in [0.5, 0.6) is 0 Å². The van der Waals surface area contributed by atoms with E-state index in [-0.39, 0.29) is 17.9 Å². The molecule has 1 aliphatic heterocycles. The molecule has 128 valence electrons. The lowest BCUT2D eigenvalue weighted by Crippen LogP contribution is -2.32. The lowest BCUT2D eigenvalue weighted by molar-refractivity contribution is -0.122. The van der Waals surface area contributed by atoms with Gasteiger partial charge >= 0.3 is 0 Å². The molecule has 0 bridgehead atoms. The number of ether oxygens (including phenoxy) is 1. The summed E-state index contributed by atoms with van der Waals surface area (Å²) in [7, 11) is 0. The monoisotopic (exact) mass is 348 g/mol. The molecule has 2 atom stereocenters. The first kappa shape index (κ1) is 16.7. The molecule has 0 aliphatic carbocycles. The largest absolute Gasteiger partial charge is 0.377 e. The predicted molar refractivity (Wildman–Crippen MR) is 91.7 cm³/mol. The number of nitrogens with zero attached hydrogens (tertiary/aromatic N) is 1. The van der Waals surface area contributed by atoms with Crippen LogP contribution in [0.25, 0.3) is 11.3 Å². The first-order chi connectivity index (χ1) is 11.5. The molecule has 2 aromatic rings. The average Bonchev–Trinajstić information content (AvgIpc) is 3.26. The Hall–Kier alpha value is -2.19. The number of nitrogens with one attached hydrogen (secondary N) is 2. The first-order valence-electron chi connectivity index (χ1n) is 7.82. The molecular formula is C16H20N4O3S. The lowest BCUT2D eigenvalue weighted by Gasteiger charge is -2.20. The summed E-state index contributed by atoms with van der Waals surface area (Å²) in [5.41, 5.74) is 6.99. The normalized spacial score (nSPS) is 20.5. The van der Waals surface area contributed by atoms with Crippen molar-refractivity contribution in [2.75, 3.05) is 11.9 Å². The van der Waals surface area contributed by atoms with Crippen molar-refractivity contribution in [2.24, 2.45) is 17.6 Å². The second-order valence-corrected chi connectivity index (χ2v) is 7.03. The standard InChI is InChI=1S/C16H20N4O3S/c1-8(2)13-10(3-4-23-13)15(22)20-16-19-12(7-24-16)9-5-11(14(17)21)18-6-9/h5-8,10,13,18H,3-4H2,1-2H3,(H2,17,21)(H,19,20,22)/t10-,13-/m1/s1. The van der Waals surface area contributed by atoms with Crippen molar-refractivity contribution in [3.8, 4) is 11.3 Å². The molecule has 3 heterocycles. The molecule has 1 aliphatic rings. The van der Waals surface area contributed by atoms with Crippen molar-refractivity contribution >= 4 is 28.3 Å². The van der Waals surface area contributed by atoms with E-state index in [9.17, 15) is 9.59 Å². The quantitative estimate of drug-likeness (QED) is 0.769. The van der Waals surface area contributed by atoms with Gasteiger partial charge < -0.3 is 20.8 Å². The van der Waals surface area contributed by atoms with Gasteiger partial charge in [0, 0.05) is 23.7 Å². The van der Waals surface area contributed by atoms with Crippen LogP contribution in [-0.4, -0.2) is 34.5 Å². The highest BCUT2D eigenvalue weighted by atomic mass is 32.1. The van der Waals surface area contributed by atoms with Gasteiger partial charge in [0.15, 0.2) is 5.13 Å². The molecular weight excluding hydrogens is 328 g/mol. The van der Waals surface area contributed by atoms with Gasteiger partial charge in [0.25, 0.3) is 5.91 Å². The number of carbonyl (C=O) groups is 2. The minimum Gasteiger partial charge on any atom is -0.377 e. The van der Waals surface area contributed by atoms with Crippen LogP contribution >= 0.6 is 11.3 Å². The lowest BCUT2D eigenvalue weighted by atomic mass is 9.92. The number of thiazole rings is 1. The molecule has 0 saturated carbocycles.